The van der Waals surface area contributed by atoms with E-state index in [-0.39, 0.29) is 17.6 Å². The molecule has 2 aromatic carbocycles. The van der Waals surface area contributed by atoms with Crippen LogP contribution in [0.2, 0.25) is 0 Å². The zero-order valence-corrected chi connectivity index (χ0v) is 12.4. The normalized spacial score (nSPS) is 13.1. The fourth-order valence-electron chi connectivity index (χ4n) is 2.77. The molecule has 0 amide bonds. The Bertz CT molecular complexity index is 760. The van der Waals surface area contributed by atoms with Gasteiger partial charge in [0.15, 0.2) is 11.6 Å². The molecule has 1 aliphatic rings. The SMILES string of the molecule is Cc1ccc2c(c1NC(C)C)C(=O)c1ccccc1C2=O. The molecule has 0 atom stereocenters. The Morgan fingerprint density at radius 2 is 1.48 bits per heavy atom. The minimum absolute atomic E-state index is 0.0768. The van der Waals surface area contributed by atoms with Crippen LogP contribution >= 0.6 is 0 Å². The van der Waals surface area contributed by atoms with E-state index in [1.165, 1.54) is 0 Å². The van der Waals surface area contributed by atoms with Gasteiger partial charge in [-0.3, -0.25) is 9.59 Å². The van der Waals surface area contributed by atoms with Crippen LogP contribution in [-0.4, -0.2) is 17.6 Å². The maximum absolute atomic E-state index is 12.8. The minimum Gasteiger partial charge on any atom is -0.382 e. The molecule has 1 aliphatic carbocycles. The van der Waals surface area contributed by atoms with E-state index in [1.54, 1.807) is 30.3 Å². The summed E-state index contributed by atoms with van der Waals surface area (Å²) in [5.41, 5.74) is 3.74. The third-order valence-electron chi connectivity index (χ3n) is 3.73. The summed E-state index contributed by atoms with van der Waals surface area (Å²) in [4.78, 5) is 25.4. The molecule has 3 rings (SSSR count). The highest BCUT2D eigenvalue weighted by atomic mass is 16.1. The molecule has 2 aromatic rings. The molecular formula is C18H17NO2. The molecule has 21 heavy (non-hydrogen) atoms. The fraction of sp³-hybridized carbons (Fsp3) is 0.222. The van der Waals surface area contributed by atoms with Gasteiger partial charge in [0.05, 0.1) is 5.56 Å². The van der Waals surface area contributed by atoms with Crippen LogP contribution in [0.1, 0.15) is 51.3 Å². The summed E-state index contributed by atoms with van der Waals surface area (Å²) >= 11 is 0. The molecule has 0 heterocycles. The van der Waals surface area contributed by atoms with Crippen molar-refractivity contribution in [3.05, 3.63) is 64.2 Å². The first-order chi connectivity index (χ1) is 10.0. The topological polar surface area (TPSA) is 46.2 Å². The Labute approximate surface area is 124 Å². The molecule has 3 heteroatoms. The quantitative estimate of drug-likeness (QED) is 0.779. The van der Waals surface area contributed by atoms with E-state index >= 15 is 0 Å². The zero-order chi connectivity index (χ0) is 15.1. The fourth-order valence-corrected chi connectivity index (χ4v) is 2.77. The Hall–Kier alpha value is -2.42. The van der Waals surface area contributed by atoms with Crippen LogP contribution in [0.25, 0.3) is 0 Å². The third-order valence-corrected chi connectivity index (χ3v) is 3.73. The van der Waals surface area contributed by atoms with Crippen molar-refractivity contribution in [2.45, 2.75) is 26.8 Å². The summed E-state index contributed by atoms with van der Waals surface area (Å²) in [5, 5.41) is 3.31. The Morgan fingerprint density at radius 1 is 0.857 bits per heavy atom. The molecule has 0 saturated heterocycles. The number of ketones is 2. The molecule has 0 unspecified atom stereocenters. The number of aryl methyl sites for hydroxylation is 1. The van der Waals surface area contributed by atoms with E-state index in [0.29, 0.717) is 22.3 Å². The number of nitrogens with one attached hydrogen (secondary N) is 1. The first-order valence-corrected chi connectivity index (χ1v) is 7.09. The lowest BCUT2D eigenvalue weighted by molar-refractivity contribution is 0.0979. The second-order valence-corrected chi connectivity index (χ2v) is 5.68. The molecule has 106 valence electrons. The number of fused-ring (bicyclic) bond motifs is 2. The molecule has 0 spiro atoms. The van der Waals surface area contributed by atoms with E-state index in [4.69, 9.17) is 0 Å². The maximum atomic E-state index is 12.8. The van der Waals surface area contributed by atoms with Crippen LogP contribution in [-0.2, 0) is 0 Å². The van der Waals surface area contributed by atoms with E-state index < -0.39 is 0 Å². The van der Waals surface area contributed by atoms with Crippen molar-refractivity contribution in [3.8, 4) is 0 Å². The highest BCUT2D eigenvalue weighted by molar-refractivity contribution is 6.30. The van der Waals surface area contributed by atoms with Crippen LogP contribution in [0.5, 0.6) is 0 Å². The lowest BCUT2D eigenvalue weighted by atomic mass is 9.82. The second-order valence-electron chi connectivity index (χ2n) is 5.68. The van der Waals surface area contributed by atoms with E-state index in [2.05, 4.69) is 5.32 Å². The standard InChI is InChI=1S/C18H17NO2/c1-10(2)19-16-11(3)8-9-14-15(16)18(21)13-7-5-4-6-12(13)17(14)20/h4-10,19H,1-3H3. The number of hydrogen-bond donors (Lipinski definition) is 1. The molecule has 0 radical (unpaired) electrons. The summed E-state index contributed by atoms with van der Waals surface area (Å²) in [7, 11) is 0. The first kappa shape index (κ1) is 13.6. The lowest BCUT2D eigenvalue weighted by Gasteiger charge is -2.23. The van der Waals surface area contributed by atoms with Gasteiger partial charge in [-0.1, -0.05) is 30.3 Å². The van der Waals surface area contributed by atoms with Gasteiger partial charge in [0.1, 0.15) is 0 Å². The number of benzene rings is 2. The van der Waals surface area contributed by atoms with E-state index in [1.807, 2.05) is 26.8 Å². The second kappa shape index (κ2) is 4.85. The third kappa shape index (κ3) is 2.05. The molecular weight excluding hydrogens is 262 g/mol. The van der Waals surface area contributed by atoms with Gasteiger partial charge in [-0.2, -0.15) is 0 Å². The molecule has 0 aliphatic heterocycles. The van der Waals surface area contributed by atoms with E-state index in [9.17, 15) is 9.59 Å². The van der Waals surface area contributed by atoms with Gasteiger partial charge in [0, 0.05) is 28.4 Å². The predicted molar refractivity (Wildman–Crippen MR) is 83.2 cm³/mol. The van der Waals surface area contributed by atoms with Crippen molar-refractivity contribution in [1.82, 2.24) is 0 Å². The molecule has 0 aromatic heterocycles. The molecule has 1 N–H and O–H groups in total. The van der Waals surface area contributed by atoms with Gasteiger partial charge in [-0.05, 0) is 32.4 Å². The van der Waals surface area contributed by atoms with Gasteiger partial charge < -0.3 is 5.32 Å². The van der Waals surface area contributed by atoms with Gasteiger partial charge in [-0.25, -0.2) is 0 Å². The van der Waals surface area contributed by atoms with Gasteiger partial charge in [0.25, 0.3) is 0 Å². The predicted octanol–water partition coefficient (Wildman–Crippen LogP) is 3.59. The Kier molecular flexibility index (Phi) is 3.13. The molecule has 0 fully saturated rings. The summed E-state index contributed by atoms with van der Waals surface area (Å²) in [6, 6.07) is 10.9. The number of anilines is 1. The smallest absolute Gasteiger partial charge is 0.196 e. The van der Waals surface area contributed by atoms with Crippen molar-refractivity contribution >= 4 is 17.3 Å². The Balaban J connectivity index is 2.28. The summed E-state index contributed by atoms with van der Waals surface area (Å²) in [5.74, 6) is -0.154. The zero-order valence-electron chi connectivity index (χ0n) is 12.4. The number of carbonyl (C=O) groups is 2. The van der Waals surface area contributed by atoms with E-state index in [0.717, 1.165) is 11.3 Å². The first-order valence-electron chi connectivity index (χ1n) is 7.09. The van der Waals surface area contributed by atoms with Crippen molar-refractivity contribution in [2.24, 2.45) is 0 Å². The van der Waals surface area contributed by atoms with Crippen molar-refractivity contribution in [3.63, 3.8) is 0 Å². The molecule has 0 bridgehead atoms. The highest BCUT2D eigenvalue weighted by Gasteiger charge is 2.32. The van der Waals surface area contributed by atoms with Gasteiger partial charge in [0.2, 0.25) is 0 Å². The van der Waals surface area contributed by atoms with Crippen LogP contribution in [0.15, 0.2) is 36.4 Å². The number of carbonyl (C=O) groups excluding carboxylic acids is 2. The minimum atomic E-state index is -0.0768. The molecule has 3 nitrogen and oxygen atoms in total. The van der Waals surface area contributed by atoms with Crippen LogP contribution < -0.4 is 5.32 Å². The van der Waals surface area contributed by atoms with Gasteiger partial charge >= 0.3 is 0 Å². The average molecular weight is 279 g/mol. The number of hydrogen-bond acceptors (Lipinski definition) is 3. The van der Waals surface area contributed by atoms with Crippen molar-refractivity contribution < 1.29 is 9.59 Å². The van der Waals surface area contributed by atoms with Crippen LogP contribution in [0, 0.1) is 6.92 Å². The van der Waals surface area contributed by atoms with Crippen LogP contribution in [0.4, 0.5) is 5.69 Å². The Morgan fingerprint density at radius 3 is 2.10 bits per heavy atom. The van der Waals surface area contributed by atoms with Crippen molar-refractivity contribution in [2.75, 3.05) is 5.32 Å². The summed E-state index contributed by atoms with van der Waals surface area (Å²) < 4.78 is 0. The summed E-state index contributed by atoms with van der Waals surface area (Å²) in [6.07, 6.45) is 0. The summed E-state index contributed by atoms with van der Waals surface area (Å²) in [6.45, 7) is 5.98. The maximum Gasteiger partial charge on any atom is 0.196 e. The highest BCUT2D eigenvalue weighted by Crippen LogP contribution is 2.34. The molecule has 0 saturated carbocycles. The largest absolute Gasteiger partial charge is 0.382 e. The van der Waals surface area contributed by atoms with Crippen molar-refractivity contribution in [1.29, 1.82) is 0 Å². The lowest BCUT2D eigenvalue weighted by Crippen LogP contribution is -2.24. The van der Waals surface area contributed by atoms with Crippen LogP contribution in [0.3, 0.4) is 0 Å². The monoisotopic (exact) mass is 279 g/mol. The van der Waals surface area contributed by atoms with Gasteiger partial charge in [-0.15, -0.1) is 0 Å². The number of rotatable bonds is 2. The average Bonchev–Trinajstić information content (AvgIpc) is 2.46.